The number of rotatable bonds is 8. The lowest BCUT2D eigenvalue weighted by atomic mass is 9.78. The Morgan fingerprint density at radius 1 is 1.18 bits per heavy atom. The lowest BCUT2D eigenvalue weighted by Gasteiger charge is -2.40. The molecule has 1 N–H and O–H groups in total. The Hall–Kier alpha value is -3.95. The highest BCUT2D eigenvalue weighted by Crippen LogP contribution is 2.54. The molecule has 5 atom stereocenters. The minimum atomic E-state index is -1.39. The maximum absolute atomic E-state index is 16.7. The number of hydrogen-bond donors (Lipinski definition) is 1. The van der Waals surface area contributed by atoms with Gasteiger partial charge in [0, 0.05) is 42.2 Å². The van der Waals surface area contributed by atoms with E-state index in [-0.39, 0.29) is 60.5 Å². The van der Waals surface area contributed by atoms with Gasteiger partial charge in [0.25, 0.3) is 0 Å². The van der Waals surface area contributed by atoms with Crippen molar-refractivity contribution in [2.24, 2.45) is 0 Å². The van der Waals surface area contributed by atoms with E-state index in [1.165, 1.54) is 17.0 Å². The third-order valence-electron chi connectivity index (χ3n) is 9.44. The largest absolute Gasteiger partial charge is 0.488 e. The van der Waals surface area contributed by atoms with Crippen molar-refractivity contribution in [1.82, 2.24) is 4.90 Å². The number of aliphatic hydroxyl groups is 1. The number of carbonyl (C=O) groups excluding carboxylic acids is 1. The molecule has 3 aromatic carbocycles. The Balaban J connectivity index is 1.43. The van der Waals surface area contributed by atoms with Gasteiger partial charge in [0.15, 0.2) is 23.5 Å². The number of hydrogen-bond acceptors (Lipinski definition) is 8. The molecule has 2 saturated heterocycles. The fraction of sp³-hybridized carbons (Fsp3) is 0.487. The molecule has 9 nitrogen and oxygen atoms in total. The van der Waals surface area contributed by atoms with Gasteiger partial charge in [-0.2, -0.15) is 5.26 Å². The van der Waals surface area contributed by atoms with Crippen LogP contribution in [0.5, 0.6) is 11.5 Å². The molecule has 2 fully saturated rings. The number of carbonyl (C=O) groups is 1. The topological polar surface area (TPSA) is 110 Å². The summed E-state index contributed by atoms with van der Waals surface area (Å²) in [4.78, 5) is 15.1. The van der Waals surface area contributed by atoms with Crippen LogP contribution in [0.2, 0.25) is 5.02 Å². The summed E-state index contributed by atoms with van der Waals surface area (Å²) in [7, 11) is 0. The van der Waals surface area contributed by atoms with Crippen LogP contribution >= 0.6 is 11.6 Å². The zero-order valence-electron chi connectivity index (χ0n) is 29.4. The lowest BCUT2D eigenvalue weighted by molar-refractivity contribution is -0.189. The van der Waals surface area contributed by atoms with Gasteiger partial charge in [-0.1, -0.05) is 41.9 Å². The first-order valence-corrected chi connectivity index (χ1v) is 17.6. The quantitative estimate of drug-likeness (QED) is 0.249. The van der Waals surface area contributed by atoms with Gasteiger partial charge < -0.3 is 28.8 Å². The molecule has 3 aromatic rings. The minimum absolute atomic E-state index is 0.0105. The fourth-order valence-electron chi connectivity index (χ4n) is 7.25. The highest BCUT2D eigenvalue weighted by molar-refractivity contribution is 6.34. The maximum atomic E-state index is 16.7. The molecule has 3 aliphatic heterocycles. The summed E-state index contributed by atoms with van der Waals surface area (Å²) in [6.07, 6.45) is 1.33. The van der Waals surface area contributed by atoms with Crippen LogP contribution in [0.1, 0.15) is 77.0 Å². The first-order valence-electron chi connectivity index (χ1n) is 17.2. The van der Waals surface area contributed by atoms with Crippen LogP contribution in [-0.4, -0.2) is 65.5 Å². The Kier molecular flexibility index (Phi) is 10.3. The minimum Gasteiger partial charge on any atom is -0.488 e. The van der Waals surface area contributed by atoms with Crippen molar-refractivity contribution in [2.45, 2.75) is 102 Å². The van der Waals surface area contributed by atoms with Crippen LogP contribution in [0.25, 0.3) is 11.1 Å². The summed E-state index contributed by atoms with van der Waals surface area (Å²) in [6, 6.07) is 14.2. The van der Waals surface area contributed by atoms with E-state index in [0.717, 1.165) is 25.3 Å². The van der Waals surface area contributed by atoms with Gasteiger partial charge >= 0.3 is 6.09 Å². The molecular formula is C39H43ClF2N2O7. The third kappa shape index (κ3) is 7.51. The standard InChI is InChI=1S/C39H43ClF2N2O7/c1-23(49-31-13-9-10-16-47-31)21-48-28-15-14-24(20-43)32(35(28)42)33-26-18-39(25-11-7-6-8-12-25,50-29(26)17-27(41)34(33)40)30-19-38(5,46)22-44(30)36(45)51-37(2,3)4/h6-8,11-12,14-15,17,23,30-31,46H,9-10,13,16,18-19,21-22H2,1-5H3/t23-,30?,31-,38?,39?/m0/s1. The smallest absolute Gasteiger partial charge is 0.410 e. The van der Waals surface area contributed by atoms with Crippen molar-refractivity contribution in [3.8, 4) is 28.7 Å². The lowest BCUT2D eigenvalue weighted by Crippen LogP contribution is -2.53. The Bertz CT molecular complexity index is 1820. The van der Waals surface area contributed by atoms with Gasteiger partial charge in [-0.05, 0) is 71.6 Å². The molecule has 272 valence electrons. The normalized spacial score (nSPS) is 25.1. The molecular weight excluding hydrogens is 682 g/mol. The molecule has 0 aliphatic carbocycles. The summed E-state index contributed by atoms with van der Waals surface area (Å²) >= 11 is 6.69. The number of halogens is 3. The molecule has 0 bridgehead atoms. The summed E-state index contributed by atoms with van der Waals surface area (Å²) in [6.45, 7) is 9.20. The van der Waals surface area contributed by atoms with Crippen LogP contribution in [0.15, 0.2) is 48.5 Å². The van der Waals surface area contributed by atoms with Crippen LogP contribution in [0.4, 0.5) is 13.6 Å². The number of benzene rings is 3. The fourth-order valence-corrected chi connectivity index (χ4v) is 7.51. The predicted octanol–water partition coefficient (Wildman–Crippen LogP) is 8.06. The molecule has 0 spiro atoms. The van der Waals surface area contributed by atoms with Crippen molar-refractivity contribution >= 4 is 17.7 Å². The van der Waals surface area contributed by atoms with Crippen molar-refractivity contribution < 1.29 is 42.4 Å². The number of fused-ring (bicyclic) bond motifs is 1. The van der Waals surface area contributed by atoms with Crippen molar-refractivity contribution in [2.75, 3.05) is 19.8 Å². The predicted molar refractivity (Wildman–Crippen MR) is 186 cm³/mol. The third-order valence-corrected chi connectivity index (χ3v) is 9.81. The van der Waals surface area contributed by atoms with Gasteiger partial charge in [0.05, 0.1) is 40.9 Å². The zero-order valence-corrected chi connectivity index (χ0v) is 30.2. The monoisotopic (exact) mass is 724 g/mol. The van der Waals surface area contributed by atoms with E-state index in [1.807, 2.05) is 36.4 Å². The van der Waals surface area contributed by atoms with Crippen molar-refractivity contribution in [3.63, 3.8) is 0 Å². The molecule has 3 aliphatic rings. The molecule has 0 saturated carbocycles. The van der Waals surface area contributed by atoms with E-state index in [2.05, 4.69) is 0 Å². The number of β-amino-alcohol motifs (C(OH)–C–C–N with tert-alkyl or cyclic N) is 1. The highest BCUT2D eigenvalue weighted by atomic mass is 35.5. The number of nitriles is 1. The summed E-state index contributed by atoms with van der Waals surface area (Å²) in [5.74, 6) is -1.90. The number of ether oxygens (including phenoxy) is 5. The molecule has 0 aromatic heterocycles. The van der Waals surface area contributed by atoms with Crippen LogP contribution in [-0.2, 0) is 26.2 Å². The molecule has 12 heteroatoms. The summed E-state index contributed by atoms with van der Waals surface area (Å²) < 4.78 is 62.4. The van der Waals surface area contributed by atoms with Gasteiger partial charge in [-0.3, -0.25) is 4.90 Å². The first-order chi connectivity index (χ1) is 24.1. The second-order valence-corrected chi connectivity index (χ2v) is 15.2. The van der Waals surface area contributed by atoms with Gasteiger partial charge in [-0.15, -0.1) is 0 Å². The Morgan fingerprint density at radius 2 is 1.92 bits per heavy atom. The molecule has 3 unspecified atom stereocenters. The second-order valence-electron chi connectivity index (χ2n) is 14.8. The van der Waals surface area contributed by atoms with Crippen molar-refractivity contribution in [3.05, 3.63) is 81.9 Å². The molecule has 1 amide bonds. The average Bonchev–Trinajstić information content (AvgIpc) is 3.63. The average molecular weight is 725 g/mol. The Morgan fingerprint density at radius 3 is 2.59 bits per heavy atom. The van der Waals surface area contributed by atoms with Gasteiger partial charge in [0.1, 0.15) is 23.8 Å². The van der Waals surface area contributed by atoms with Crippen LogP contribution in [0, 0.1) is 23.0 Å². The zero-order chi connectivity index (χ0) is 36.7. The number of amides is 1. The Labute approximate surface area is 302 Å². The van der Waals surface area contributed by atoms with Crippen LogP contribution in [0.3, 0.4) is 0 Å². The van der Waals surface area contributed by atoms with Gasteiger partial charge in [-0.25, -0.2) is 13.6 Å². The van der Waals surface area contributed by atoms with Crippen molar-refractivity contribution in [1.29, 1.82) is 5.26 Å². The van der Waals surface area contributed by atoms with E-state index < -0.39 is 51.7 Å². The molecule has 6 rings (SSSR count). The van der Waals surface area contributed by atoms with E-state index in [9.17, 15) is 15.2 Å². The number of nitrogens with zero attached hydrogens (tertiary/aromatic N) is 2. The number of likely N-dealkylation sites (tertiary alicyclic amines) is 1. The summed E-state index contributed by atoms with van der Waals surface area (Å²) in [5.41, 5.74) is -2.96. The van der Waals surface area contributed by atoms with E-state index in [0.29, 0.717) is 17.7 Å². The SMILES string of the molecule is C[C@@H](COc1ccc(C#N)c(-c2c(Cl)c(F)cc3c2CC(c2ccccc2)(C2CC(C)(O)CN2C(=O)OC(C)(C)C)O3)c1F)O[C@H]1CCCCO1. The second kappa shape index (κ2) is 14.2. The van der Waals surface area contributed by atoms with Gasteiger partial charge in [0.2, 0.25) is 0 Å². The molecule has 0 radical (unpaired) electrons. The summed E-state index contributed by atoms with van der Waals surface area (Å²) in [5, 5.41) is 21.1. The van der Waals surface area contributed by atoms with E-state index >= 15 is 8.78 Å². The van der Waals surface area contributed by atoms with E-state index in [1.54, 1.807) is 34.6 Å². The van der Waals surface area contributed by atoms with E-state index in [4.69, 9.17) is 35.3 Å². The van der Waals surface area contributed by atoms with Crippen LogP contribution < -0.4 is 9.47 Å². The first kappa shape index (κ1) is 36.8. The molecule has 51 heavy (non-hydrogen) atoms. The highest BCUT2D eigenvalue weighted by Gasteiger charge is 2.58. The maximum Gasteiger partial charge on any atom is 0.410 e. The molecule has 3 heterocycles.